The van der Waals surface area contributed by atoms with Crippen molar-refractivity contribution in [2.75, 3.05) is 16.4 Å². The SMILES string of the molecule is Cc1ccc2c(Nc3ccc(F)c(Cl)c3)nccc2c1NC(=O)c1cnc2c(N)ncnn12. The third kappa shape index (κ3) is 3.66. The van der Waals surface area contributed by atoms with Crippen LogP contribution in [0.25, 0.3) is 16.4 Å². The molecule has 0 aliphatic rings. The molecule has 0 saturated heterocycles. The van der Waals surface area contributed by atoms with Crippen molar-refractivity contribution < 1.29 is 9.18 Å². The molecule has 0 atom stereocenters. The number of nitrogens with two attached hydrogens (primary N) is 1. The molecular formula is C22H16ClFN8O. The number of aryl methyl sites for hydroxylation is 1. The minimum Gasteiger partial charge on any atom is -0.381 e. The number of carbonyl (C=O) groups excluding carboxylic acids is 1. The summed E-state index contributed by atoms with van der Waals surface area (Å²) in [6.45, 7) is 1.89. The fraction of sp³-hybridized carbons (Fsp3) is 0.0455. The van der Waals surface area contributed by atoms with Gasteiger partial charge < -0.3 is 16.4 Å². The summed E-state index contributed by atoms with van der Waals surface area (Å²) in [7, 11) is 0. The molecule has 9 nitrogen and oxygen atoms in total. The first kappa shape index (κ1) is 20.6. The fourth-order valence-corrected chi connectivity index (χ4v) is 3.69. The Morgan fingerprint density at radius 1 is 1.12 bits per heavy atom. The summed E-state index contributed by atoms with van der Waals surface area (Å²) < 4.78 is 14.8. The maximum Gasteiger partial charge on any atom is 0.276 e. The smallest absolute Gasteiger partial charge is 0.276 e. The Hall–Kier alpha value is -4.31. The second kappa shape index (κ2) is 7.99. The van der Waals surface area contributed by atoms with Crippen LogP contribution in [0.1, 0.15) is 16.1 Å². The van der Waals surface area contributed by atoms with Crippen LogP contribution in [0.5, 0.6) is 0 Å². The third-order valence-electron chi connectivity index (χ3n) is 5.14. The molecule has 0 fully saturated rings. The summed E-state index contributed by atoms with van der Waals surface area (Å²) >= 11 is 5.89. The Morgan fingerprint density at radius 3 is 2.79 bits per heavy atom. The number of rotatable bonds is 4. The van der Waals surface area contributed by atoms with Crippen molar-refractivity contribution >= 4 is 56.9 Å². The Balaban J connectivity index is 1.53. The van der Waals surface area contributed by atoms with Crippen LogP contribution < -0.4 is 16.4 Å². The van der Waals surface area contributed by atoms with Crippen LogP contribution in [-0.4, -0.2) is 30.5 Å². The summed E-state index contributed by atoms with van der Waals surface area (Å²) in [4.78, 5) is 25.5. The first-order chi connectivity index (χ1) is 15.9. The molecule has 0 aliphatic carbocycles. The van der Waals surface area contributed by atoms with Crippen molar-refractivity contribution in [2.45, 2.75) is 6.92 Å². The number of hydrogen-bond acceptors (Lipinski definition) is 7. The van der Waals surface area contributed by atoms with E-state index in [1.54, 1.807) is 18.3 Å². The van der Waals surface area contributed by atoms with Crippen molar-refractivity contribution in [2.24, 2.45) is 0 Å². The zero-order valence-electron chi connectivity index (χ0n) is 17.2. The second-order valence-corrected chi connectivity index (χ2v) is 7.65. The number of nitrogen functional groups attached to an aromatic ring is 1. The summed E-state index contributed by atoms with van der Waals surface area (Å²) in [6.07, 6.45) is 4.27. The molecule has 0 aliphatic heterocycles. The van der Waals surface area contributed by atoms with Gasteiger partial charge in [-0.05, 0) is 36.8 Å². The van der Waals surface area contributed by atoms with Crippen LogP contribution in [0.2, 0.25) is 5.02 Å². The van der Waals surface area contributed by atoms with Crippen LogP contribution in [0.3, 0.4) is 0 Å². The molecular weight excluding hydrogens is 447 g/mol. The van der Waals surface area contributed by atoms with Gasteiger partial charge in [-0.2, -0.15) is 5.10 Å². The average Bonchev–Trinajstić information content (AvgIpc) is 3.24. The number of hydrogen-bond donors (Lipinski definition) is 3. The number of anilines is 4. The summed E-state index contributed by atoms with van der Waals surface area (Å²) in [5.41, 5.74) is 8.35. The maximum atomic E-state index is 13.5. The molecule has 0 bridgehead atoms. The van der Waals surface area contributed by atoms with E-state index in [4.69, 9.17) is 17.3 Å². The third-order valence-corrected chi connectivity index (χ3v) is 5.43. The topological polar surface area (TPSA) is 123 Å². The van der Waals surface area contributed by atoms with Gasteiger partial charge in [0.2, 0.25) is 0 Å². The second-order valence-electron chi connectivity index (χ2n) is 7.24. The van der Waals surface area contributed by atoms with Gasteiger partial charge in [-0.15, -0.1) is 0 Å². The molecule has 5 aromatic rings. The Morgan fingerprint density at radius 2 is 1.97 bits per heavy atom. The first-order valence-corrected chi connectivity index (χ1v) is 10.2. The fourth-order valence-electron chi connectivity index (χ4n) is 3.51. The molecule has 33 heavy (non-hydrogen) atoms. The van der Waals surface area contributed by atoms with Crippen LogP contribution in [0.4, 0.5) is 27.4 Å². The lowest BCUT2D eigenvalue weighted by atomic mass is 10.1. The van der Waals surface area contributed by atoms with E-state index < -0.39 is 11.7 Å². The van der Waals surface area contributed by atoms with Gasteiger partial charge in [-0.1, -0.05) is 23.7 Å². The van der Waals surface area contributed by atoms with Crippen molar-refractivity contribution in [1.82, 2.24) is 24.6 Å². The van der Waals surface area contributed by atoms with Gasteiger partial charge in [0.25, 0.3) is 5.91 Å². The van der Waals surface area contributed by atoms with Crippen molar-refractivity contribution in [3.8, 4) is 0 Å². The van der Waals surface area contributed by atoms with Crippen molar-refractivity contribution in [3.63, 3.8) is 0 Å². The molecule has 4 N–H and O–H groups in total. The number of aromatic nitrogens is 5. The van der Waals surface area contributed by atoms with Gasteiger partial charge in [0.1, 0.15) is 18.0 Å². The van der Waals surface area contributed by atoms with E-state index in [-0.39, 0.29) is 16.5 Å². The summed E-state index contributed by atoms with van der Waals surface area (Å²) in [5.74, 6) is -0.213. The zero-order chi connectivity index (χ0) is 23.1. The number of fused-ring (bicyclic) bond motifs is 2. The van der Waals surface area contributed by atoms with Gasteiger partial charge in [-0.3, -0.25) is 4.79 Å². The molecule has 164 valence electrons. The Kier molecular flexibility index (Phi) is 4.98. The predicted molar refractivity (Wildman–Crippen MR) is 124 cm³/mol. The van der Waals surface area contributed by atoms with E-state index in [0.29, 0.717) is 22.8 Å². The monoisotopic (exact) mass is 462 g/mol. The van der Waals surface area contributed by atoms with Crippen LogP contribution in [0.15, 0.2) is 55.1 Å². The van der Waals surface area contributed by atoms with Crippen LogP contribution in [-0.2, 0) is 0 Å². The standard InChI is InChI=1S/C22H16ClFN8O/c1-11-2-4-14-13(6-7-26-20(14)30-12-3-5-16(24)15(23)8-12)18(11)31-22(33)17-9-27-21-19(25)28-10-29-32(17)21/h2-10H,1H3,(H,26,30)(H,31,33)(H2,25,28,29). The van der Waals surface area contributed by atoms with E-state index in [0.717, 1.165) is 16.3 Å². The summed E-state index contributed by atoms with van der Waals surface area (Å²) in [5, 5.41) is 11.7. The molecule has 2 aromatic carbocycles. The van der Waals surface area contributed by atoms with E-state index in [2.05, 4.69) is 30.7 Å². The quantitative estimate of drug-likeness (QED) is 0.362. The molecule has 5 rings (SSSR count). The van der Waals surface area contributed by atoms with E-state index in [1.807, 2.05) is 19.1 Å². The molecule has 0 saturated carbocycles. The Bertz CT molecular complexity index is 1550. The van der Waals surface area contributed by atoms with Crippen molar-refractivity contribution in [3.05, 3.63) is 77.2 Å². The molecule has 3 aromatic heterocycles. The highest BCUT2D eigenvalue weighted by molar-refractivity contribution is 6.31. The van der Waals surface area contributed by atoms with Crippen molar-refractivity contribution in [1.29, 1.82) is 0 Å². The largest absolute Gasteiger partial charge is 0.381 e. The Labute approximate surface area is 191 Å². The lowest BCUT2D eigenvalue weighted by Gasteiger charge is -2.15. The molecule has 0 spiro atoms. The van der Waals surface area contributed by atoms with Crippen LogP contribution >= 0.6 is 11.6 Å². The molecule has 0 radical (unpaired) electrons. The van der Waals surface area contributed by atoms with Gasteiger partial charge in [0.05, 0.1) is 16.9 Å². The molecule has 1 amide bonds. The number of nitrogens with one attached hydrogen (secondary N) is 2. The highest BCUT2D eigenvalue weighted by Gasteiger charge is 2.18. The number of halogens is 2. The van der Waals surface area contributed by atoms with Gasteiger partial charge in [0, 0.05) is 22.7 Å². The number of nitrogens with zero attached hydrogens (tertiary/aromatic N) is 5. The first-order valence-electron chi connectivity index (χ1n) is 9.78. The highest BCUT2D eigenvalue weighted by atomic mass is 35.5. The average molecular weight is 463 g/mol. The highest BCUT2D eigenvalue weighted by Crippen LogP contribution is 2.33. The predicted octanol–water partition coefficient (Wildman–Crippen LogP) is 4.35. The van der Waals surface area contributed by atoms with Gasteiger partial charge in [0.15, 0.2) is 17.2 Å². The molecule has 11 heteroatoms. The number of imidazole rings is 1. The lowest BCUT2D eigenvalue weighted by molar-refractivity contribution is 0.102. The summed E-state index contributed by atoms with van der Waals surface area (Å²) in [6, 6.07) is 9.89. The lowest BCUT2D eigenvalue weighted by Crippen LogP contribution is -2.16. The molecule has 0 unspecified atom stereocenters. The van der Waals surface area contributed by atoms with Gasteiger partial charge >= 0.3 is 0 Å². The van der Waals surface area contributed by atoms with Gasteiger partial charge in [-0.25, -0.2) is 23.9 Å². The minimum absolute atomic E-state index is 0.00140. The van der Waals surface area contributed by atoms with E-state index >= 15 is 0 Å². The maximum absolute atomic E-state index is 13.5. The number of pyridine rings is 1. The number of amides is 1. The van der Waals surface area contributed by atoms with E-state index in [9.17, 15) is 9.18 Å². The minimum atomic E-state index is -0.506. The number of benzene rings is 2. The van der Waals surface area contributed by atoms with E-state index in [1.165, 1.54) is 29.2 Å². The number of carbonyl (C=O) groups is 1. The van der Waals surface area contributed by atoms with Crippen LogP contribution in [0, 0.1) is 12.7 Å². The zero-order valence-corrected chi connectivity index (χ0v) is 17.9. The molecule has 3 heterocycles. The normalized spacial score (nSPS) is 11.1.